The lowest BCUT2D eigenvalue weighted by atomic mass is 10.2. The number of nitrogen functional groups attached to an aromatic ring is 1. The van der Waals surface area contributed by atoms with E-state index >= 15 is 0 Å². The Labute approximate surface area is 114 Å². The van der Waals surface area contributed by atoms with Crippen molar-refractivity contribution in [1.82, 2.24) is 9.55 Å². The van der Waals surface area contributed by atoms with Crippen LogP contribution in [0.5, 0.6) is 0 Å². The molecule has 0 spiro atoms. The zero-order valence-corrected chi connectivity index (χ0v) is 11.5. The normalized spacial score (nSPS) is 10.6. The maximum absolute atomic E-state index is 6.22. The summed E-state index contributed by atoms with van der Waals surface area (Å²) in [7, 11) is 0. The van der Waals surface area contributed by atoms with Gasteiger partial charge in [-0.3, -0.25) is 0 Å². The largest absolute Gasteiger partial charge is 0.384 e. The van der Waals surface area contributed by atoms with Crippen molar-refractivity contribution in [2.24, 2.45) is 0 Å². The second kappa shape index (κ2) is 6.23. The molecule has 2 N–H and O–H groups in total. The lowest BCUT2D eigenvalue weighted by Gasteiger charge is -2.06. The molecule has 0 aliphatic carbocycles. The average molecular weight is 255 g/mol. The smallest absolute Gasteiger partial charge is 0.142 e. The van der Waals surface area contributed by atoms with Gasteiger partial charge in [0.2, 0.25) is 0 Å². The molecule has 1 aromatic carbocycles. The van der Waals surface area contributed by atoms with Crippen molar-refractivity contribution in [2.45, 2.75) is 32.7 Å². The van der Waals surface area contributed by atoms with E-state index in [1.165, 1.54) is 0 Å². The van der Waals surface area contributed by atoms with E-state index in [-0.39, 0.29) is 0 Å². The van der Waals surface area contributed by atoms with Crippen molar-refractivity contribution in [2.75, 3.05) is 5.73 Å². The number of allylic oxidation sites excluding steroid dienone is 1. The molecule has 0 saturated carbocycles. The van der Waals surface area contributed by atoms with Gasteiger partial charge in [0.25, 0.3) is 0 Å². The van der Waals surface area contributed by atoms with E-state index in [2.05, 4.69) is 25.6 Å². The van der Waals surface area contributed by atoms with Crippen LogP contribution in [0.3, 0.4) is 0 Å². The predicted octanol–water partition coefficient (Wildman–Crippen LogP) is 3.66. The minimum Gasteiger partial charge on any atom is -0.384 e. The highest BCUT2D eigenvalue weighted by Gasteiger charge is 2.14. The van der Waals surface area contributed by atoms with Crippen molar-refractivity contribution in [3.8, 4) is 11.4 Å². The van der Waals surface area contributed by atoms with E-state index in [0.717, 1.165) is 42.2 Å². The number of aromatic nitrogens is 2. The molecule has 19 heavy (non-hydrogen) atoms. The summed E-state index contributed by atoms with van der Waals surface area (Å²) >= 11 is 0. The van der Waals surface area contributed by atoms with Gasteiger partial charge in [-0.15, -0.1) is 6.58 Å². The van der Waals surface area contributed by atoms with Gasteiger partial charge in [0.15, 0.2) is 0 Å². The van der Waals surface area contributed by atoms with Crippen LogP contribution >= 0.6 is 0 Å². The van der Waals surface area contributed by atoms with Gasteiger partial charge >= 0.3 is 0 Å². The number of hydrogen-bond donors (Lipinski definition) is 1. The molecule has 0 aliphatic rings. The molecule has 3 nitrogen and oxygen atoms in total. The summed E-state index contributed by atoms with van der Waals surface area (Å²) in [5, 5.41) is 0. The number of nitrogens with two attached hydrogens (primary N) is 1. The van der Waals surface area contributed by atoms with E-state index in [9.17, 15) is 0 Å². The molecule has 0 atom stereocenters. The number of aryl methyl sites for hydroxylation is 1. The molecule has 2 aromatic rings. The molecule has 1 aromatic heterocycles. The first kappa shape index (κ1) is 13.4. The van der Waals surface area contributed by atoms with Crippen LogP contribution in [0.4, 0.5) is 5.82 Å². The second-order valence-corrected chi connectivity index (χ2v) is 4.64. The van der Waals surface area contributed by atoms with Crippen LogP contribution in [0.25, 0.3) is 11.4 Å². The van der Waals surface area contributed by atoms with Gasteiger partial charge in [-0.05, 0) is 12.8 Å². The van der Waals surface area contributed by atoms with E-state index in [1.807, 2.05) is 28.8 Å². The van der Waals surface area contributed by atoms with Crippen LogP contribution in [0, 0.1) is 0 Å². The predicted molar refractivity (Wildman–Crippen MR) is 80.9 cm³/mol. The van der Waals surface area contributed by atoms with Gasteiger partial charge in [-0.1, -0.05) is 49.8 Å². The van der Waals surface area contributed by atoms with Crippen molar-refractivity contribution < 1.29 is 0 Å². The van der Waals surface area contributed by atoms with Crippen LogP contribution in [-0.2, 0) is 13.0 Å². The van der Waals surface area contributed by atoms with Gasteiger partial charge in [-0.2, -0.15) is 0 Å². The van der Waals surface area contributed by atoms with E-state index < -0.39 is 0 Å². The number of hydrogen-bond acceptors (Lipinski definition) is 2. The highest BCUT2D eigenvalue weighted by atomic mass is 15.1. The van der Waals surface area contributed by atoms with Crippen LogP contribution in [0.1, 0.15) is 25.5 Å². The Morgan fingerprint density at radius 3 is 2.68 bits per heavy atom. The fraction of sp³-hybridized carbons (Fsp3) is 0.312. The molecule has 0 radical (unpaired) electrons. The third-order valence-corrected chi connectivity index (χ3v) is 3.19. The fourth-order valence-electron chi connectivity index (χ4n) is 2.17. The number of benzene rings is 1. The van der Waals surface area contributed by atoms with Gasteiger partial charge in [0.05, 0.1) is 5.69 Å². The molecule has 0 saturated heterocycles. The van der Waals surface area contributed by atoms with Crippen LogP contribution < -0.4 is 5.73 Å². The number of anilines is 1. The standard InChI is InChI=1S/C16H21N3/c1-3-5-11-14-15(17)19(12-4-2)16(18-14)13-9-7-6-8-10-13/h4,6-10H,2-3,5,11-12,17H2,1H3. The average Bonchev–Trinajstić information content (AvgIpc) is 2.75. The highest BCUT2D eigenvalue weighted by Crippen LogP contribution is 2.25. The van der Waals surface area contributed by atoms with Crippen LogP contribution in [0.2, 0.25) is 0 Å². The molecule has 3 heteroatoms. The molecule has 0 fully saturated rings. The molecule has 100 valence electrons. The van der Waals surface area contributed by atoms with Crippen molar-refractivity contribution >= 4 is 5.82 Å². The summed E-state index contributed by atoms with van der Waals surface area (Å²) < 4.78 is 2.04. The molecule has 2 rings (SSSR count). The first-order chi connectivity index (χ1) is 9.27. The zero-order valence-electron chi connectivity index (χ0n) is 11.5. The maximum atomic E-state index is 6.22. The molecule has 1 heterocycles. The first-order valence-corrected chi connectivity index (χ1v) is 6.79. The summed E-state index contributed by atoms with van der Waals surface area (Å²) in [5.41, 5.74) is 8.32. The number of nitrogens with zero attached hydrogens (tertiary/aromatic N) is 2. The Morgan fingerprint density at radius 1 is 1.32 bits per heavy atom. The monoisotopic (exact) mass is 255 g/mol. The molecule has 0 unspecified atom stereocenters. The molecule has 0 amide bonds. The Hall–Kier alpha value is -2.03. The van der Waals surface area contributed by atoms with E-state index in [0.29, 0.717) is 6.54 Å². The molecular formula is C16H21N3. The van der Waals surface area contributed by atoms with Crippen molar-refractivity contribution in [1.29, 1.82) is 0 Å². The second-order valence-electron chi connectivity index (χ2n) is 4.64. The van der Waals surface area contributed by atoms with Crippen molar-refractivity contribution in [3.63, 3.8) is 0 Å². The Morgan fingerprint density at radius 2 is 2.05 bits per heavy atom. The summed E-state index contributed by atoms with van der Waals surface area (Å²) in [6.45, 7) is 6.66. The molecular weight excluding hydrogens is 234 g/mol. The summed E-state index contributed by atoms with van der Waals surface area (Å²) in [5.74, 6) is 1.70. The summed E-state index contributed by atoms with van der Waals surface area (Å²) in [6.07, 6.45) is 5.05. The minimum absolute atomic E-state index is 0.690. The molecule has 0 bridgehead atoms. The van der Waals surface area contributed by atoms with Gasteiger partial charge in [-0.25, -0.2) is 4.98 Å². The number of imidazole rings is 1. The van der Waals surface area contributed by atoms with E-state index in [1.54, 1.807) is 0 Å². The summed E-state index contributed by atoms with van der Waals surface area (Å²) in [6, 6.07) is 10.2. The fourth-order valence-corrected chi connectivity index (χ4v) is 2.17. The quantitative estimate of drug-likeness (QED) is 0.800. The Kier molecular flexibility index (Phi) is 4.39. The van der Waals surface area contributed by atoms with E-state index in [4.69, 9.17) is 10.7 Å². The van der Waals surface area contributed by atoms with Gasteiger partial charge in [0, 0.05) is 12.1 Å². The third kappa shape index (κ3) is 2.87. The van der Waals surface area contributed by atoms with Crippen LogP contribution in [-0.4, -0.2) is 9.55 Å². The zero-order chi connectivity index (χ0) is 13.7. The lowest BCUT2D eigenvalue weighted by Crippen LogP contribution is -2.04. The van der Waals surface area contributed by atoms with Crippen molar-refractivity contribution in [3.05, 3.63) is 48.7 Å². The lowest BCUT2D eigenvalue weighted by molar-refractivity contribution is 0.781. The Balaban J connectivity index is 2.44. The Bertz CT molecular complexity index is 541. The number of unbranched alkanes of at least 4 members (excludes halogenated alkanes) is 1. The maximum Gasteiger partial charge on any atom is 0.142 e. The minimum atomic E-state index is 0.690. The highest BCUT2D eigenvalue weighted by molar-refractivity contribution is 5.60. The number of rotatable bonds is 6. The summed E-state index contributed by atoms with van der Waals surface area (Å²) in [4.78, 5) is 4.73. The van der Waals surface area contributed by atoms with Crippen LogP contribution in [0.15, 0.2) is 43.0 Å². The first-order valence-electron chi connectivity index (χ1n) is 6.79. The molecule has 0 aliphatic heterocycles. The van der Waals surface area contributed by atoms with Gasteiger partial charge < -0.3 is 10.3 Å². The SMILES string of the molecule is C=CCn1c(-c2ccccc2)nc(CCCC)c1N. The topological polar surface area (TPSA) is 43.8 Å². The van der Waals surface area contributed by atoms with Gasteiger partial charge in [0.1, 0.15) is 11.6 Å². The third-order valence-electron chi connectivity index (χ3n) is 3.19.